The summed E-state index contributed by atoms with van der Waals surface area (Å²) in [4.78, 5) is 11.7. The minimum absolute atomic E-state index is 0.0111. The van der Waals surface area contributed by atoms with Crippen molar-refractivity contribution in [1.82, 2.24) is 10.0 Å². The molecule has 20 heavy (non-hydrogen) atoms. The lowest BCUT2D eigenvalue weighted by Gasteiger charge is -2.03. The molecule has 0 aliphatic rings. The maximum absolute atomic E-state index is 11.9. The van der Waals surface area contributed by atoms with Gasteiger partial charge in [-0.3, -0.25) is 4.79 Å². The van der Waals surface area contributed by atoms with Gasteiger partial charge in [-0.1, -0.05) is 26.7 Å². The van der Waals surface area contributed by atoms with Gasteiger partial charge in [-0.05, 0) is 25.0 Å². The van der Waals surface area contributed by atoms with Crippen molar-refractivity contribution in [1.29, 1.82) is 0 Å². The van der Waals surface area contributed by atoms with Crippen LogP contribution in [-0.2, 0) is 10.0 Å². The molecule has 1 aromatic heterocycles. The normalized spacial score (nSPS) is 11.5. The first kappa shape index (κ1) is 16.7. The van der Waals surface area contributed by atoms with E-state index in [0.29, 0.717) is 13.1 Å². The number of unbranched alkanes of at least 4 members (excludes halogenated alkanes) is 2. The Balaban J connectivity index is 2.64. The molecule has 0 radical (unpaired) electrons. The zero-order valence-corrected chi connectivity index (χ0v) is 12.8. The Morgan fingerprint density at radius 2 is 1.80 bits per heavy atom. The first-order valence-electron chi connectivity index (χ1n) is 6.89. The average Bonchev–Trinajstić information content (AvgIpc) is 2.89. The highest BCUT2D eigenvalue weighted by atomic mass is 32.2. The second-order valence-corrected chi connectivity index (χ2v) is 6.18. The highest BCUT2D eigenvalue weighted by Crippen LogP contribution is 2.13. The van der Waals surface area contributed by atoms with Crippen molar-refractivity contribution in [3.8, 4) is 0 Å². The molecular weight excluding hydrogens is 280 g/mol. The van der Waals surface area contributed by atoms with Gasteiger partial charge in [0.25, 0.3) is 15.9 Å². The number of carbonyl (C=O) groups is 1. The molecule has 0 atom stereocenters. The fraction of sp³-hybridized carbons (Fsp3) is 0.615. The molecule has 0 unspecified atom stereocenters. The number of hydrogen-bond acceptors (Lipinski definition) is 4. The molecule has 1 heterocycles. The van der Waals surface area contributed by atoms with Gasteiger partial charge in [0.1, 0.15) is 0 Å². The van der Waals surface area contributed by atoms with Crippen LogP contribution in [0.25, 0.3) is 0 Å². The van der Waals surface area contributed by atoms with Crippen molar-refractivity contribution >= 4 is 15.9 Å². The second kappa shape index (κ2) is 8.06. The summed E-state index contributed by atoms with van der Waals surface area (Å²) in [7, 11) is -3.67. The second-order valence-electron chi connectivity index (χ2n) is 4.48. The maximum atomic E-state index is 11.9. The molecule has 0 saturated heterocycles. The third-order valence-corrected chi connectivity index (χ3v) is 4.04. The minimum Gasteiger partial charge on any atom is -0.438 e. The predicted octanol–water partition coefficient (Wildman–Crippen LogP) is 1.89. The van der Waals surface area contributed by atoms with Gasteiger partial charge in [-0.15, -0.1) is 0 Å². The van der Waals surface area contributed by atoms with E-state index in [1.54, 1.807) is 0 Å². The summed E-state index contributed by atoms with van der Waals surface area (Å²) < 4.78 is 31.3. The van der Waals surface area contributed by atoms with Crippen molar-refractivity contribution < 1.29 is 17.6 Å². The number of rotatable bonds is 9. The van der Waals surface area contributed by atoms with Gasteiger partial charge in [0.05, 0.1) is 0 Å². The quantitative estimate of drug-likeness (QED) is 0.682. The highest BCUT2D eigenvalue weighted by molar-refractivity contribution is 7.89. The van der Waals surface area contributed by atoms with Crippen LogP contribution in [0.1, 0.15) is 50.1 Å². The molecule has 1 rings (SSSR count). The molecule has 0 fully saturated rings. The van der Waals surface area contributed by atoms with E-state index in [0.717, 1.165) is 25.7 Å². The van der Waals surface area contributed by atoms with E-state index in [4.69, 9.17) is 4.42 Å². The monoisotopic (exact) mass is 302 g/mol. The molecule has 0 spiro atoms. The Morgan fingerprint density at radius 1 is 1.15 bits per heavy atom. The van der Waals surface area contributed by atoms with E-state index < -0.39 is 15.9 Å². The summed E-state index contributed by atoms with van der Waals surface area (Å²) >= 11 is 0. The van der Waals surface area contributed by atoms with Crippen LogP contribution in [0.4, 0.5) is 0 Å². The Morgan fingerprint density at radius 3 is 2.45 bits per heavy atom. The van der Waals surface area contributed by atoms with Crippen LogP contribution < -0.4 is 10.0 Å². The van der Waals surface area contributed by atoms with E-state index in [2.05, 4.69) is 10.0 Å². The number of sulfonamides is 1. The largest absolute Gasteiger partial charge is 0.438 e. The fourth-order valence-electron chi connectivity index (χ4n) is 1.51. The molecule has 0 saturated carbocycles. The molecular formula is C13H22N2O4S. The molecule has 0 aliphatic carbocycles. The van der Waals surface area contributed by atoms with Crippen LogP contribution in [0.2, 0.25) is 0 Å². The first-order valence-corrected chi connectivity index (χ1v) is 8.37. The van der Waals surface area contributed by atoms with Gasteiger partial charge >= 0.3 is 0 Å². The summed E-state index contributed by atoms with van der Waals surface area (Å²) in [5.74, 6) is -0.384. The lowest BCUT2D eigenvalue weighted by molar-refractivity contribution is 0.0920. The van der Waals surface area contributed by atoms with Crippen LogP contribution in [0, 0.1) is 0 Å². The van der Waals surface area contributed by atoms with E-state index in [1.165, 1.54) is 12.1 Å². The van der Waals surface area contributed by atoms with Crippen LogP contribution in [-0.4, -0.2) is 27.4 Å². The summed E-state index contributed by atoms with van der Waals surface area (Å²) in [6.45, 7) is 4.90. The minimum atomic E-state index is -3.67. The third-order valence-electron chi connectivity index (χ3n) is 2.71. The van der Waals surface area contributed by atoms with Gasteiger partial charge in [-0.2, -0.15) is 0 Å². The lowest BCUT2D eigenvalue weighted by Crippen LogP contribution is -2.25. The summed E-state index contributed by atoms with van der Waals surface area (Å²) in [5.41, 5.74) is 0. The Labute approximate surface area is 120 Å². The summed E-state index contributed by atoms with van der Waals surface area (Å²) in [5, 5.41) is 2.44. The number of carbonyl (C=O) groups excluding carboxylic acids is 1. The Kier molecular flexibility index (Phi) is 6.74. The third kappa shape index (κ3) is 4.97. The zero-order chi connectivity index (χ0) is 15.0. The van der Waals surface area contributed by atoms with Gasteiger partial charge in [0.2, 0.25) is 5.09 Å². The number of nitrogens with one attached hydrogen (secondary N) is 2. The molecule has 114 valence electrons. The van der Waals surface area contributed by atoms with Crippen LogP contribution in [0.3, 0.4) is 0 Å². The van der Waals surface area contributed by atoms with Crippen LogP contribution in [0.15, 0.2) is 21.6 Å². The Bertz CT molecular complexity index is 522. The summed E-state index contributed by atoms with van der Waals surface area (Å²) in [6.07, 6.45) is 3.49. The van der Waals surface area contributed by atoms with Gasteiger partial charge in [-0.25, -0.2) is 13.1 Å². The van der Waals surface area contributed by atoms with Gasteiger partial charge in [0.15, 0.2) is 5.76 Å². The van der Waals surface area contributed by atoms with Crippen molar-refractivity contribution in [3.05, 3.63) is 17.9 Å². The van der Waals surface area contributed by atoms with E-state index in [1.807, 2.05) is 13.8 Å². The van der Waals surface area contributed by atoms with Crippen molar-refractivity contribution in [3.63, 3.8) is 0 Å². The molecule has 0 aliphatic heterocycles. The standard InChI is InChI=1S/C13H22N2O4S/c1-3-5-9-14-13(16)11-7-8-12(19-11)20(17,18)15-10-6-4-2/h7-8,15H,3-6,9-10H2,1-2H3,(H,14,16). The molecule has 0 bridgehead atoms. The van der Waals surface area contributed by atoms with Crippen LogP contribution >= 0.6 is 0 Å². The van der Waals surface area contributed by atoms with Crippen LogP contribution in [0.5, 0.6) is 0 Å². The number of hydrogen-bond donors (Lipinski definition) is 2. The smallest absolute Gasteiger partial charge is 0.287 e. The molecule has 6 nitrogen and oxygen atoms in total. The molecule has 0 aromatic carbocycles. The van der Waals surface area contributed by atoms with Crippen molar-refractivity contribution in [2.45, 2.75) is 44.6 Å². The number of amides is 1. The zero-order valence-electron chi connectivity index (χ0n) is 11.9. The predicted molar refractivity (Wildman–Crippen MR) is 76.0 cm³/mol. The van der Waals surface area contributed by atoms with Crippen molar-refractivity contribution in [2.75, 3.05) is 13.1 Å². The maximum Gasteiger partial charge on any atom is 0.287 e. The van der Waals surface area contributed by atoms with E-state index >= 15 is 0 Å². The number of furan rings is 1. The van der Waals surface area contributed by atoms with Crippen molar-refractivity contribution in [2.24, 2.45) is 0 Å². The lowest BCUT2D eigenvalue weighted by atomic mass is 10.3. The van der Waals surface area contributed by atoms with E-state index in [9.17, 15) is 13.2 Å². The SMILES string of the molecule is CCCCNC(=O)c1ccc(S(=O)(=O)NCCCC)o1. The molecule has 1 amide bonds. The molecule has 2 N–H and O–H groups in total. The average molecular weight is 302 g/mol. The topological polar surface area (TPSA) is 88.4 Å². The van der Waals surface area contributed by atoms with E-state index in [-0.39, 0.29) is 10.9 Å². The highest BCUT2D eigenvalue weighted by Gasteiger charge is 2.20. The van der Waals surface area contributed by atoms with Gasteiger partial charge in [0, 0.05) is 13.1 Å². The fourth-order valence-corrected chi connectivity index (χ4v) is 2.51. The Hall–Kier alpha value is -1.34. The molecule has 7 heteroatoms. The van der Waals surface area contributed by atoms with Gasteiger partial charge < -0.3 is 9.73 Å². The summed E-state index contributed by atoms with van der Waals surface area (Å²) in [6, 6.07) is 2.67. The first-order chi connectivity index (χ1) is 9.51. The molecule has 1 aromatic rings.